The number of nitrogens with zero attached hydrogens (tertiary/aromatic N) is 2. The van der Waals surface area contributed by atoms with Gasteiger partial charge in [-0.3, -0.25) is 5.10 Å². The number of hydrogen-bond acceptors (Lipinski definition) is 4. The summed E-state index contributed by atoms with van der Waals surface area (Å²) in [4.78, 5) is 8.93. The maximum atomic E-state index is 5.51. The fourth-order valence-corrected chi connectivity index (χ4v) is 5.66. The van der Waals surface area contributed by atoms with E-state index in [-0.39, 0.29) is 0 Å². The summed E-state index contributed by atoms with van der Waals surface area (Å²) in [5.41, 5.74) is 1.59. The highest BCUT2D eigenvalue weighted by Crippen LogP contribution is 2.42. The summed E-state index contributed by atoms with van der Waals surface area (Å²) >= 11 is 9.13. The Bertz CT molecular complexity index is 901. The Morgan fingerprint density at radius 1 is 1.29 bits per heavy atom. The van der Waals surface area contributed by atoms with Crippen LogP contribution in [0.1, 0.15) is 29.3 Å². The van der Waals surface area contributed by atoms with E-state index >= 15 is 0 Å². The molecule has 5 rings (SSSR count). The molecule has 0 radical (unpaired) electrons. The number of quaternary nitrogens is 1. The topological polar surface area (TPSA) is 38.0 Å². The summed E-state index contributed by atoms with van der Waals surface area (Å²) in [5.74, 6) is 1.74. The van der Waals surface area contributed by atoms with Gasteiger partial charge in [0, 0.05) is 22.8 Å². The third kappa shape index (κ3) is 2.60. The number of aromatic nitrogens is 3. The second-order valence-electron chi connectivity index (χ2n) is 6.69. The highest BCUT2D eigenvalue weighted by Gasteiger charge is 2.43. The number of H-pyrrole nitrogens is 1. The van der Waals surface area contributed by atoms with Crippen molar-refractivity contribution in [2.24, 2.45) is 5.92 Å². The molecule has 0 aromatic carbocycles. The summed E-state index contributed by atoms with van der Waals surface area (Å²) in [6.07, 6.45) is 3.93. The van der Waals surface area contributed by atoms with Gasteiger partial charge < -0.3 is 4.90 Å². The molecule has 1 unspecified atom stereocenters. The van der Waals surface area contributed by atoms with Crippen LogP contribution in [0.5, 0.6) is 0 Å². The Labute approximate surface area is 153 Å². The van der Waals surface area contributed by atoms with E-state index in [1.807, 2.05) is 17.4 Å². The summed E-state index contributed by atoms with van der Waals surface area (Å²) in [7, 11) is 0. The molecule has 3 aromatic heterocycles. The van der Waals surface area contributed by atoms with E-state index in [2.05, 4.69) is 37.7 Å². The molecule has 24 heavy (non-hydrogen) atoms. The summed E-state index contributed by atoms with van der Waals surface area (Å²) in [6.45, 7) is 2.07. The number of nitrogens with one attached hydrogen (secondary N) is 2. The molecule has 1 saturated carbocycles. The Morgan fingerprint density at radius 2 is 2.21 bits per heavy atom. The molecule has 1 fully saturated rings. The third-order valence-electron chi connectivity index (χ3n) is 5.12. The van der Waals surface area contributed by atoms with Crippen molar-refractivity contribution in [3.05, 3.63) is 44.2 Å². The van der Waals surface area contributed by atoms with Crippen LogP contribution in [0.2, 0.25) is 0 Å². The summed E-state index contributed by atoms with van der Waals surface area (Å²) in [6, 6.07) is 7.12. The largest absolute Gasteiger partial charge is 0.310 e. The van der Waals surface area contributed by atoms with Crippen molar-refractivity contribution in [2.75, 3.05) is 6.54 Å². The number of hydrogen-bond donors (Lipinski definition) is 2. The van der Waals surface area contributed by atoms with Crippen LogP contribution < -0.4 is 4.90 Å². The van der Waals surface area contributed by atoms with E-state index in [9.17, 15) is 0 Å². The van der Waals surface area contributed by atoms with Gasteiger partial charge in [0.2, 0.25) is 4.77 Å². The molecule has 1 aliphatic carbocycles. The van der Waals surface area contributed by atoms with Crippen molar-refractivity contribution in [3.8, 4) is 10.7 Å². The van der Waals surface area contributed by atoms with Gasteiger partial charge >= 0.3 is 0 Å². The van der Waals surface area contributed by atoms with Crippen molar-refractivity contribution in [2.45, 2.75) is 32.0 Å². The number of aromatic amines is 1. The first-order valence-corrected chi connectivity index (χ1v) is 10.6. The lowest BCUT2D eigenvalue weighted by Gasteiger charge is -2.32. The van der Waals surface area contributed by atoms with E-state index in [0.717, 1.165) is 23.3 Å². The van der Waals surface area contributed by atoms with E-state index in [1.165, 1.54) is 25.8 Å². The highest BCUT2D eigenvalue weighted by atomic mass is 32.1. The molecule has 0 amide bonds. The molecule has 0 spiro atoms. The molecule has 124 valence electrons. The molecule has 7 heteroatoms. The van der Waals surface area contributed by atoms with E-state index in [0.29, 0.717) is 10.8 Å². The van der Waals surface area contributed by atoms with Crippen LogP contribution in [0.15, 0.2) is 29.0 Å². The van der Waals surface area contributed by atoms with Crippen molar-refractivity contribution < 1.29 is 4.90 Å². The minimum absolute atomic E-state index is 0.635. The normalized spacial score (nSPS) is 23.3. The Kier molecular flexibility index (Phi) is 3.70. The van der Waals surface area contributed by atoms with E-state index in [4.69, 9.17) is 12.2 Å². The van der Waals surface area contributed by atoms with Gasteiger partial charge in [-0.25, -0.2) is 4.68 Å². The molecule has 4 nitrogen and oxygen atoms in total. The first-order chi connectivity index (χ1) is 11.8. The molecule has 1 aliphatic heterocycles. The maximum Gasteiger partial charge on any atom is 0.221 e. The molecule has 3 aromatic rings. The van der Waals surface area contributed by atoms with Gasteiger partial charge in [0.25, 0.3) is 0 Å². The predicted octanol–water partition coefficient (Wildman–Crippen LogP) is 3.28. The quantitative estimate of drug-likeness (QED) is 0.687. The highest BCUT2D eigenvalue weighted by molar-refractivity contribution is 7.71. The van der Waals surface area contributed by atoms with Crippen molar-refractivity contribution >= 4 is 34.9 Å². The van der Waals surface area contributed by atoms with Crippen molar-refractivity contribution in [3.63, 3.8) is 0 Å². The smallest absolute Gasteiger partial charge is 0.221 e. The lowest BCUT2D eigenvalue weighted by molar-refractivity contribution is -0.958. The lowest BCUT2D eigenvalue weighted by Crippen LogP contribution is -3.13. The van der Waals surface area contributed by atoms with Crippen LogP contribution in [0.4, 0.5) is 0 Å². The van der Waals surface area contributed by atoms with Crippen LogP contribution in [-0.4, -0.2) is 21.3 Å². The molecular weight excluding hydrogens is 356 g/mol. The molecular formula is C17H19N4S3+. The van der Waals surface area contributed by atoms with Gasteiger partial charge in [0.15, 0.2) is 12.5 Å². The summed E-state index contributed by atoms with van der Waals surface area (Å²) < 4.78 is 2.73. The van der Waals surface area contributed by atoms with E-state index < -0.39 is 0 Å². The molecule has 2 atom stereocenters. The van der Waals surface area contributed by atoms with Gasteiger partial charge in [-0.05, 0) is 48.0 Å². The monoisotopic (exact) mass is 375 g/mol. The fourth-order valence-electron chi connectivity index (χ4n) is 3.86. The Morgan fingerprint density at radius 3 is 3.00 bits per heavy atom. The van der Waals surface area contributed by atoms with Gasteiger partial charge in [-0.1, -0.05) is 6.07 Å². The lowest BCUT2D eigenvalue weighted by atomic mass is 9.96. The Hall–Kier alpha value is -1.28. The fraction of sp³-hybridized carbons (Fsp3) is 0.412. The zero-order valence-corrected chi connectivity index (χ0v) is 15.6. The molecule has 4 heterocycles. The Balaban J connectivity index is 1.44. The second-order valence-corrected chi connectivity index (χ2v) is 9.00. The summed E-state index contributed by atoms with van der Waals surface area (Å²) in [5, 5.41) is 7.76. The average molecular weight is 376 g/mol. The first-order valence-electron chi connectivity index (χ1n) is 8.41. The van der Waals surface area contributed by atoms with Crippen LogP contribution in [-0.2, 0) is 13.1 Å². The average Bonchev–Trinajstić information content (AvgIpc) is 3.00. The van der Waals surface area contributed by atoms with Crippen LogP contribution in [0, 0.1) is 10.7 Å². The second kappa shape index (κ2) is 5.91. The maximum absolute atomic E-state index is 5.51. The standard InChI is InChI=1S/C17H18N4S3/c22-17-18-16(14-2-1-8-23-14)19-21(17)10-20-7-5-13-12(6-9-24-13)15(20)11-3-4-11/h1-2,6,8-9,11,15H,3-5,7,10H2,(H,18,19,22)/p+1/t15-/m0/s1. The SMILES string of the molecule is S=c1nc(-c2cccs2)[nH]n1C[NH+]1CCc2sccc2[C@@H]1C1CC1. The zero-order valence-electron chi connectivity index (χ0n) is 13.2. The minimum atomic E-state index is 0.635. The van der Waals surface area contributed by atoms with Crippen LogP contribution >= 0.6 is 34.9 Å². The molecule has 0 bridgehead atoms. The zero-order chi connectivity index (χ0) is 16.1. The third-order valence-corrected chi connectivity index (χ3v) is 7.30. The van der Waals surface area contributed by atoms with Gasteiger partial charge in [-0.15, -0.1) is 22.7 Å². The molecule has 2 N–H and O–H groups in total. The first kappa shape index (κ1) is 15.0. The number of fused-ring (bicyclic) bond motifs is 1. The number of rotatable bonds is 4. The van der Waals surface area contributed by atoms with E-state index in [1.54, 1.807) is 26.7 Å². The van der Waals surface area contributed by atoms with Gasteiger partial charge in [-0.2, -0.15) is 4.98 Å². The molecule has 0 saturated heterocycles. The molecule has 2 aliphatic rings. The van der Waals surface area contributed by atoms with Crippen LogP contribution in [0.3, 0.4) is 0 Å². The van der Waals surface area contributed by atoms with Gasteiger partial charge in [0.05, 0.1) is 11.4 Å². The van der Waals surface area contributed by atoms with Crippen molar-refractivity contribution in [1.29, 1.82) is 0 Å². The minimum Gasteiger partial charge on any atom is -0.310 e. The predicted molar refractivity (Wildman–Crippen MR) is 100 cm³/mol. The number of thiophene rings is 2. The van der Waals surface area contributed by atoms with Crippen LogP contribution in [0.25, 0.3) is 10.7 Å². The van der Waals surface area contributed by atoms with Gasteiger partial charge in [0.1, 0.15) is 6.04 Å². The van der Waals surface area contributed by atoms with Crippen molar-refractivity contribution in [1.82, 2.24) is 14.8 Å².